The predicted octanol–water partition coefficient (Wildman–Crippen LogP) is 2.35. The van der Waals surface area contributed by atoms with E-state index in [9.17, 15) is 0 Å². The minimum absolute atomic E-state index is 0.448. The van der Waals surface area contributed by atoms with Crippen molar-refractivity contribution in [2.24, 2.45) is 0 Å². The molecule has 3 heteroatoms. The van der Waals surface area contributed by atoms with Crippen molar-refractivity contribution in [1.82, 2.24) is 5.32 Å². The lowest BCUT2D eigenvalue weighted by Gasteiger charge is -2.13. The zero-order valence-electron chi connectivity index (χ0n) is 10.6. The molecule has 1 fully saturated rings. The highest BCUT2D eigenvalue weighted by Gasteiger charge is 2.23. The van der Waals surface area contributed by atoms with E-state index in [1.54, 1.807) is 14.2 Å². The van der Waals surface area contributed by atoms with E-state index in [2.05, 4.69) is 17.4 Å². The van der Waals surface area contributed by atoms with E-state index in [1.807, 2.05) is 12.1 Å². The molecule has 94 valence electrons. The smallest absolute Gasteiger partial charge is 0.118 e. The SMILES string of the molecule is COc1ccc(CNC2CCC(OC)C2)cc1. The summed E-state index contributed by atoms with van der Waals surface area (Å²) < 4.78 is 10.5. The van der Waals surface area contributed by atoms with Crippen molar-refractivity contribution in [2.45, 2.75) is 38.0 Å². The van der Waals surface area contributed by atoms with Gasteiger partial charge in [-0.3, -0.25) is 0 Å². The van der Waals surface area contributed by atoms with Gasteiger partial charge in [0.2, 0.25) is 0 Å². The Morgan fingerprint density at radius 1 is 1.18 bits per heavy atom. The van der Waals surface area contributed by atoms with Crippen LogP contribution in [-0.4, -0.2) is 26.4 Å². The van der Waals surface area contributed by atoms with E-state index in [-0.39, 0.29) is 0 Å². The summed E-state index contributed by atoms with van der Waals surface area (Å²) in [5.74, 6) is 0.911. The summed E-state index contributed by atoms with van der Waals surface area (Å²) in [5, 5.41) is 3.58. The van der Waals surface area contributed by atoms with Gasteiger partial charge in [0.25, 0.3) is 0 Å². The molecular weight excluding hydrogens is 214 g/mol. The molecule has 0 aliphatic heterocycles. The summed E-state index contributed by atoms with van der Waals surface area (Å²) in [6.45, 7) is 0.922. The average Bonchev–Trinajstić information content (AvgIpc) is 2.85. The summed E-state index contributed by atoms with van der Waals surface area (Å²) in [6, 6.07) is 8.82. The van der Waals surface area contributed by atoms with Gasteiger partial charge in [0, 0.05) is 19.7 Å². The van der Waals surface area contributed by atoms with Gasteiger partial charge in [-0.2, -0.15) is 0 Å². The van der Waals surface area contributed by atoms with E-state index >= 15 is 0 Å². The van der Waals surface area contributed by atoms with Crippen LogP contribution < -0.4 is 10.1 Å². The zero-order chi connectivity index (χ0) is 12.1. The standard InChI is InChI=1S/C14H21NO2/c1-16-13-6-3-11(4-7-13)10-15-12-5-8-14(9-12)17-2/h3-4,6-7,12,14-15H,5,8-10H2,1-2H3. The molecule has 2 atom stereocenters. The Morgan fingerprint density at radius 3 is 2.53 bits per heavy atom. The molecule has 1 aromatic rings. The average molecular weight is 235 g/mol. The summed E-state index contributed by atoms with van der Waals surface area (Å²) in [4.78, 5) is 0. The molecule has 1 aliphatic carbocycles. The van der Waals surface area contributed by atoms with Crippen molar-refractivity contribution in [3.05, 3.63) is 29.8 Å². The highest BCUT2D eigenvalue weighted by Crippen LogP contribution is 2.21. The maximum atomic E-state index is 5.37. The van der Waals surface area contributed by atoms with Gasteiger partial charge in [0.15, 0.2) is 0 Å². The van der Waals surface area contributed by atoms with Crippen LogP contribution in [-0.2, 0) is 11.3 Å². The number of rotatable bonds is 5. The van der Waals surface area contributed by atoms with E-state index in [0.717, 1.165) is 18.7 Å². The van der Waals surface area contributed by atoms with Crippen molar-refractivity contribution < 1.29 is 9.47 Å². The molecule has 0 saturated heterocycles. The first-order valence-electron chi connectivity index (χ1n) is 6.21. The fraction of sp³-hybridized carbons (Fsp3) is 0.571. The number of hydrogen-bond acceptors (Lipinski definition) is 3. The number of methoxy groups -OCH3 is 2. The Kier molecular flexibility index (Phi) is 4.40. The molecule has 1 saturated carbocycles. The number of benzene rings is 1. The minimum atomic E-state index is 0.448. The van der Waals surface area contributed by atoms with Crippen LogP contribution >= 0.6 is 0 Å². The lowest BCUT2D eigenvalue weighted by Crippen LogP contribution is -2.26. The third kappa shape index (κ3) is 3.45. The van der Waals surface area contributed by atoms with Crippen molar-refractivity contribution in [3.63, 3.8) is 0 Å². The fourth-order valence-corrected chi connectivity index (χ4v) is 2.35. The largest absolute Gasteiger partial charge is 0.497 e. The third-order valence-electron chi connectivity index (χ3n) is 3.47. The van der Waals surface area contributed by atoms with Crippen LogP contribution in [0.25, 0.3) is 0 Å². The summed E-state index contributed by atoms with van der Waals surface area (Å²) in [5.41, 5.74) is 1.30. The number of nitrogens with one attached hydrogen (secondary N) is 1. The molecule has 2 unspecified atom stereocenters. The third-order valence-corrected chi connectivity index (χ3v) is 3.47. The molecule has 2 rings (SSSR count). The van der Waals surface area contributed by atoms with Crippen LogP contribution in [0.5, 0.6) is 5.75 Å². The van der Waals surface area contributed by atoms with Crippen molar-refractivity contribution in [3.8, 4) is 5.75 Å². The van der Waals surface area contributed by atoms with Gasteiger partial charge in [0.05, 0.1) is 13.2 Å². The van der Waals surface area contributed by atoms with Crippen LogP contribution in [0, 0.1) is 0 Å². The van der Waals surface area contributed by atoms with Gasteiger partial charge in [-0.05, 0) is 37.0 Å². The van der Waals surface area contributed by atoms with Gasteiger partial charge in [0.1, 0.15) is 5.75 Å². The highest BCUT2D eigenvalue weighted by molar-refractivity contribution is 5.27. The van der Waals surface area contributed by atoms with Gasteiger partial charge in [-0.15, -0.1) is 0 Å². The maximum absolute atomic E-state index is 5.37. The molecule has 1 aliphatic rings. The fourth-order valence-electron chi connectivity index (χ4n) is 2.35. The van der Waals surface area contributed by atoms with E-state index < -0.39 is 0 Å². The molecule has 0 aromatic heterocycles. The molecule has 0 heterocycles. The van der Waals surface area contributed by atoms with Crippen LogP contribution in [0.15, 0.2) is 24.3 Å². The van der Waals surface area contributed by atoms with Crippen molar-refractivity contribution in [1.29, 1.82) is 0 Å². The second kappa shape index (κ2) is 6.03. The molecule has 0 bridgehead atoms. The molecule has 3 nitrogen and oxygen atoms in total. The molecule has 1 N–H and O–H groups in total. The first-order chi connectivity index (χ1) is 8.31. The Hall–Kier alpha value is -1.06. The topological polar surface area (TPSA) is 30.5 Å². The number of ether oxygens (including phenoxy) is 2. The van der Waals surface area contributed by atoms with Crippen LogP contribution in [0.1, 0.15) is 24.8 Å². The monoisotopic (exact) mass is 235 g/mol. The van der Waals surface area contributed by atoms with Crippen LogP contribution in [0.3, 0.4) is 0 Å². The Morgan fingerprint density at radius 2 is 1.94 bits per heavy atom. The zero-order valence-corrected chi connectivity index (χ0v) is 10.6. The maximum Gasteiger partial charge on any atom is 0.118 e. The highest BCUT2D eigenvalue weighted by atomic mass is 16.5. The van der Waals surface area contributed by atoms with E-state index in [1.165, 1.54) is 18.4 Å². The minimum Gasteiger partial charge on any atom is -0.497 e. The molecule has 0 spiro atoms. The predicted molar refractivity (Wildman–Crippen MR) is 68.3 cm³/mol. The molecule has 0 amide bonds. The lowest BCUT2D eigenvalue weighted by molar-refractivity contribution is 0.107. The quantitative estimate of drug-likeness (QED) is 0.850. The van der Waals surface area contributed by atoms with E-state index in [4.69, 9.17) is 9.47 Å². The van der Waals surface area contributed by atoms with Crippen molar-refractivity contribution >= 4 is 0 Å². The van der Waals surface area contributed by atoms with Crippen molar-refractivity contribution in [2.75, 3.05) is 14.2 Å². The van der Waals surface area contributed by atoms with Crippen LogP contribution in [0.2, 0.25) is 0 Å². The lowest BCUT2D eigenvalue weighted by atomic mass is 10.2. The first-order valence-corrected chi connectivity index (χ1v) is 6.21. The Bertz CT molecular complexity index is 337. The molecule has 0 radical (unpaired) electrons. The summed E-state index contributed by atoms with van der Waals surface area (Å²) in [7, 11) is 3.49. The Balaban J connectivity index is 1.78. The Labute approximate surface area is 103 Å². The second-order valence-electron chi connectivity index (χ2n) is 4.60. The van der Waals surface area contributed by atoms with Gasteiger partial charge < -0.3 is 14.8 Å². The normalized spacial score (nSPS) is 23.9. The second-order valence-corrected chi connectivity index (χ2v) is 4.60. The van der Waals surface area contributed by atoms with Gasteiger partial charge in [-0.1, -0.05) is 12.1 Å². The molecule has 1 aromatic carbocycles. The van der Waals surface area contributed by atoms with E-state index in [0.29, 0.717) is 12.1 Å². The first kappa shape index (κ1) is 12.4. The van der Waals surface area contributed by atoms with Gasteiger partial charge >= 0.3 is 0 Å². The summed E-state index contributed by atoms with van der Waals surface area (Å²) in [6.07, 6.45) is 3.97. The number of hydrogen-bond donors (Lipinski definition) is 1. The van der Waals surface area contributed by atoms with Crippen LogP contribution in [0.4, 0.5) is 0 Å². The summed E-state index contributed by atoms with van der Waals surface area (Å²) >= 11 is 0. The molecule has 17 heavy (non-hydrogen) atoms. The van der Waals surface area contributed by atoms with Gasteiger partial charge in [-0.25, -0.2) is 0 Å². The molecular formula is C14H21NO2.